The minimum atomic E-state index is -0.190. The van der Waals surface area contributed by atoms with Crippen molar-refractivity contribution in [3.05, 3.63) is 0 Å². The summed E-state index contributed by atoms with van der Waals surface area (Å²) in [6.45, 7) is 4.91. The zero-order chi connectivity index (χ0) is 10.4. The van der Waals surface area contributed by atoms with Crippen molar-refractivity contribution >= 4 is 0 Å². The fraction of sp³-hybridized carbons (Fsp3) is 1.00. The molecule has 14 heavy (non-hydrogen) atoms. The third-order valence-electron chi connectivity index (χ3n) is 2.96. The summed E-state index contributed by atoms with van der Waals surface area (Å²) in [5.41, 5.74) is 0. The molecule has 1 rings (SSSR count). The van der Waals surface area contributed by atoms with Gasteiger partial charge in [0.15, 0.2) is 0 Å². The molecule has 0 bridgehead atoms. The normalized spacial score (nSPS) is 19.7. The maximum atomic E-state index is 9.39. The zero-order valence-electron chi connectivity index (χ0n) is 9.50. The third-order valence-corrected chi connectivity index (χ3v) is 2.96. The second-order valence-electron chi connectivity index (χ2n) is 4.39. The van der Waals surface area contributed by atoms with Crippen LogP contribution in [0.2, 0.25) is 0 Å². The van der Waals surface area contributed by atoms with Gasteiger partial charge in [-0.3, -0.25) is 4.90 Å². The highest BCUT2D eigenvalue weighted by Gasteiger charge is 2.24. The maximum absolute atomic E-state index is 9.39. The average Bonchev–Trinajstić information content (AvgIpc) is 2.00. The first-order valence-electron chi connectivity index (χ1n) is 5.80. The summed E-state index contributed by atoms with van der Waals surface area (Å²) in [6.07, 6.45) is 5.01. The van der Waals surface area contributed by atoms with E-state index < -0.39 is 0 Å². The van der Waals surface area contributed by atoms with E-state index in [1.807, 2.05) is 14.0 Å². The highest BCUT2D eigenvalue weighted by molar-refractivity contribution is 4.80. The molecule has 0 saturated heterocycles. The van der Waals surface area contributed by atoms with Gasteiger partial charge >= 0.3 is 0 Å². The molecule has 0 radical (unpaired) electrons. The van der Waals surface area contributed by atoms with Crippen LogP contribution in [0.3, 0.4) is 0 Å². The summed E-state index contributed by atoms with van der Waals surface area (Å²) >= 11 is 0. The van der Waals surface area contributed by atoms with Crippen molar-refractivity contribution in [2.45, 2.75) is 44.8 Å². The number of hydrogen-bond donors (Lipinski definition) is 2. The predicted molar refractivity (Wildman–Crippen MR) is 59.4 cm³/mol. The smallest absolute Gasteiger partial charge is 0.0639 e. The van der Waals surface area contributed by atoms with E-state index >= 15 is 0 Å². The van der Waals surface area contributed by atoms with Crippen molar-refractivity contribution < 1.29 is 5.11 Å². The summed E-state index contributed by atoms with van der Waals surface area (Å²) in [7, 11) is 1.99. The van der Waals surface area contributed by atoms with Crippen LogP contribution in [0, 0.1) is 0 Å². The highest BCUT2D eigenvalue weighted by Crippen LogP contribution is 2.24. The van der Waals surface area contributed by atoms with E-state index in [2.05, 4.69) is 10.2 Å². The second-order valence-corrected chi connectivity index (χ2v) is 4.39. The molecular weight excluding hydrogens is 176 g/mol. The number of nitrogens with one attached hydrogen (secondary N) is 1. The Bertz CT molecular complexity index is 146. The van der Waals surface area contributed by atoms with Crippen molar-refractivity contribution in [3.8, 4) is 0 Å². The Hall–Kier alpha value is -0.120. The van der Waals surface area contributed by atoms with Gasteiger partial charge in [0.2, 0.25) is 0 Å². The molecule has 1 aliphatic rings. The lowest BCUT2D eigenvalue weighted by Crippen LogP contribution is -2.44. The molecule has 0 aromatic carbocycles. The second kappa shape index (κ2) is 6.38. The van der Waals surface area contributed by atoms with Crippen LogP contribution in [0.4, 0.5) is 0 Å². The predicted octanol–water partition coefficient (Wildman–Crippen LogP) is 0.831. The van der Waals surface area contributed by atoms with Crippen LogP contribution >= 0.6 is 0 Å². The summed E-state index contributed by atoms with van der Waals surface area (Å²) in [6, 6.07) is 0.751. The molecule has 1 atom stereocenters. The molecular formula is C11H24N2O. The van der Waals surface area contributed by atoms with Gasteiger partial charge in [-0.1, -0.05) is 6.42 Å². The topological polar surface area (TPSA) is 35.5 Å². The molecule has 0 aromatic heterocycles. The van der Waals surface area contributed by atoms with Crippen LogP contribution in [0.5, 0.6) is 0 Å². The van der Waals surface area contributed by atoms with E-state index in [4.69, 9.17) is 0 Å². The minimum Gasteiger partial charge on any atom is -0.392 e. The Morgan fingerprint density at radius 2 is 2.21 bits per heavy atom. The number of hydrogen-bond acceptors (Lipinski definition) is 3. The van der Waals surface area contributed by atoms with E-state index in [1.165, 1.54) is 25.7 Å². The molecule has 0 heterocycles. The van der Waals surface area contributed by atoms with Gasteiger partial charge in [-0.15, -0.1) is 0 Å². The number of aliphatic hydroxyl groups excluding tert-OH is 1. The highest BCUT2D eigenvalue weighted by atomic mass is 16.3. The quantitative estimate of drug-likeness (QED) is 0.598. The lowest BCUT2D eigenvalue weighted by molar-refractivity contribution is 0.0659. The standard InChI is InChI=1S/C11H24N2O/c1-10(14)9-13(8-4-7-12-2)11-5-3-6-11/h10-12,14H,3-9H2,1-2H3. The van der Waals surface area contributed by atoms with Crippen molar-refractivity contribution in [2.24, 2.45) is 0 Å². The molecule has 1 aliphatic carbocycles. The maximum Gasteiger partial charge on any atom is 0.0639 e. The Labute approximate surface area is 87.5 Å². The van der Waals surface area contributed by atoms with Crippen LogP contribution in [0.15, 0.2) is 0 Å². The Morgan fingerprint density at radius 3 is 2.64 bits per heavy atom. The number of aliphatic hydroxyl groups is 1. The van der Waals surface area contributed by atoms with Crippen molar-refractivity contribution in [1.82, 2.24) is 10.2 Å². The van der Waals surface area contributed by atoms with Crippen molar-refractivity contribution in [3.63, 3.8) is 0 Å². The van der Waals surface area contributed by atoms with E-state index in [1.54, 1.807) is 0 Å². The van der Waals surface area contributed by atoms with Gasteiger partial charge in [0.25, 0.3) is 0 Å². The fourth-order valence-electron chi connectivity index (χ4n) is 1.97. The molecule has 2 N–H and O–H groups in total. The monoisotopic (exact) mass is 200 g/mol. The summed E-state index contributed by atoms with van der Waals surface area (Å²) < 4.78 is 0. The lowest BCUT2D eigenvalue weighted by Gasteiger charge is -2.38. The van der Waals surface area contributed by atoms with Gasteiger partial charge < -0.3 is 10.4 Å². The summed E-state index contributed by atoms with van der Waals surface area (Å²) in [5, 5.41) is 12.6. The van der Waals surface area contributed by atoms with Gasteiger partial charge in [0.1, 0.15) is 0 Å². The van der Waals surface area contributed by atoms with E-state index in [0.29, 0.717) is 0 Å². The number of nitrogens with zero attached hydrogens (tertiary/aromatic N) is 1. The van der Waals surface area contributed by atoms with Crippen molar-refractivity contribution in [1.29, 1.82) is 0 Å². The van der Waals surface area contributed by atoms with Crippen molar-refractivity contribution in [2.75, 3.05) is 26.7 Å². The molecule has 0 aromatic rings. The molecule has 0 spiro atoms. The number of rotatable bonds is 7. The average molecular weight is 200 g/mol. The third kappa shape index (κ3) is 3.95. The molecule has 3 nitrogen and oxygen atoms in total. The lowest BCUT2D eigenvalue weighted by atomic mass is 9.91. The molecule has 1 saturated carbocycles. The molecule has 0 amide bonds. The Balaban J connectivity index is 2.21. The Morgan fingerprint density at radius 1 is 1.50 bits per heavy atom. The van der Waals surface area contributed by atoms with Gasteiger partial charge in [0, 0.05) is 12.6 Å². The molecule has 0 aliphatic heterocycles. The first-order chi connectivity index (χ1) is 6.74. The van der Waals surface area contributed by atoms with E-state index in [0.717, 1.165) is 25.7 Å². The van der Waals surface area contributed by atoms with Gasteiger partial charge in [-0.25, -0.2) is 0 Å². The van der Waals surface area contributed by atoms with Crippen LogP contribution in [-0.2, 0) is 0 Å². The van der Waals surface area contributed by atoms with Crippen LogP contribution < -0.4 is 5.32 Å². The van der Waals surface area contributed by atoms with Gasteiger partial charge in [0.05, 0.1) is 6.10 Å². The molecule has 84 valence electrons. The minimum absolute atomic E-state index is 0.190. The van der Waals surface area contributed by atoms with Crippen LogP contribution in [0.25, 0.3) is 0 Å². The molecule has 1 unspecified atom stereocenters. The van der Waals surface area contributed by atoms with E-state index in [9.17, 15) is 5.11 Å². The summed E-state index contributed by atoms with van der Waals surface area (Å²) in [5.74, 6) is 0. The zero-order valence-corrected chi connectivity index (χ0v) is 9.50. The van der Waals surface area contributed by atoms with Gasteiger partial charge in [-0.05, 0) is 46.3 Å². The molecule has 1 fully saturated rings. The fourth-order valence-corrected chi connectivity index (χ4v) is 1.97. The van der Waals surface area contributed by atoms with E-state index in [-0.39, 0.29) is 6.10 Å². The van der Waals surface area contributed by atoms with Gasteiger partial charge in [-0.2, -0.15) is 0 Å². The van der Waals surface area contributed by atoms with Crippen LogP contribution in [-0.4, -0.2) is 48.8 Å². The molecule has 3 heteroatoms. The largest absolute Gasteiger partial charge is 0.392 e. The first-order valence-corrected chi connectivity index (χ1v) is 5.80. The summed E-state index contributed by atoms with van der Waals surface area (Å²) in [4.78, 5) is 2.45. The Kier molecular flexibility index (Phi) is 5.45. The first kappa shape index (κ1) is 12.0. The van der Waals surface area contributed by atoms with Crippen LogP contribution in [0.1, 0.15) is 32.6 Å². The SMILES string of the molecule is CNCCCN(CC(C)O)C1CCC1.